The SMILES string of the molecule is ClC(CC1CCC1)c1ccc2c(c1)CCC2. The van der Waals surface area contributed by atoms with Crippen molar-refractivity contribution in [1.82, 2.24) is 0 Å². The van der Waals surface area contributed by atoms with Gasteiger partial charge in [0.2, 0.25) is 0 Å². The number of hydrogen-bond acceptors (Lipinski definition) is 0. The van der Waals surface area contributed by atoms with Gasteiger partial charge in [-0.05, 0) is 48.3 Å². The van der Waals surface area contributed by atoms with Crippen LogP contribution in [0.1, 0.15) is 54.2 Å². The van der Waals surface area contributed by atoms with Crippen molar-refractivity contribution in [1.29, 1.82) is 0 Å². The Labute approximate surface area is 103 Å². The Kier molecular flexibility index (Phi) is 2.93. The molecule has 1 saturated carbocycles. The van der Waals surface area contributed by atoms with Crippen LogP contribution in [0, 0.1) is 5.92 Å². The van der Waals surface area contributed by atoms with E-state index in [1.54, 1.807) is 11.1 Å². The molecule has 16 heavy (non-hydrogen) atoms. The molecule has 0 amide bonds. The van der Waals surface area contributed by atoms with Crippen molar-refractivity contribution in [2.75, 3.05) is 0 Å². The summed E-state index contributed by atoms with van der Waals surface area (Å²) in [5.41, 5.74) is 4.46. The molecule has 0 heterocycles. The third-order valence-corrected chi connectivity index (χ3v) is 4.68. The Morgan fingerprint density at radius 3 is 2.69 bits per heavy atom. The Hall–Kier alpha value is -0.490. The lowest BCUT2D eigenvalue weighted by molar-refractivity contribution is 0.293. The van der Waals surface area contributed by atoms with Gasteiger partial charge in [-0.15, -0.1) is 11.6 Å². The van der Waals surface area contributed by atoms with Crippen LogP contribution in [-0.4, -0.2) is 0 Å². The third kappa shape index (κ3) is 2.00. The van der Waals surface area contributed by atoms with Crippen LogP contribution < -0.4 is 0 Å². The van der Waals surface area contributed by atoms with Crippen molar-refractivity contribution in [2.45, 2.75) is 50.3 Å². The molecule has 1 heteroatoms. The van der Waals surface area contributed by atoms with Crippen LogP contribution in [0.3, 0.4) is 0 Å². The first kappa shape index (κ1) is 10.7. The van der Waals surface area contributed by atoms with E-state index in [0.717, 1.165) is 5.92 Å². The molecule has 86 valence electrons. The summed E-state index contributed by atoms with van der Waals surface area (Å²) < 4.78 is 0. The summed E-state index contributed by atoms with van der Waals surface area (Å²) in [7, 11) is 0. The first-order valence-electron chi connectivity index (χ1n) is 6.59. The van der Waals surface area contributed by atoms with Crippen molar-refractivity contribution in [3.8, 4) is 0 Å². The van der Waals surface area contributed by atoms with Gasteiger partial charge in [-0.2, -0.15) is 0 Å². The van der Waals surface area contributed by atoms with E-state index < -0.39 is 0 Å². The molecule has 0 bridgehead atoms. The van der Waals surface area contributed by atoms with E-state index in [0.29, 0.717) is 0 Å². The molecule has 0 aromatic heterocycles. The number of aryl methyl sites for hydroxylation is 2. The lowest BCUT2D eigenvalue weighted by Gasteiger charge is -2.27. The molecule has 1 aromatic rings. The van der Waals surface area contributed by atoms with Crippen LogP contribution in [0.2, 0.25) is 0 Å². The number of benzene rings is 1. The molecule has 0 aliphatic heterocycles. The number of hydrogen-bond donors (Lipinski definition) is 0. The molecule has 1 atom stereocenters. The highest BCUT2D eigenvalue weighted by Gasteiger charge is 2.22. The molecular weight excluding hydrogens is 216 g/mol. The van der Waals surface area contributed by atoms with E-state index in [-0.39, 0.29) is 5.38 Å². The van der Waals surface area contributed by atoms with Gasteiger partial charge >= 0.3 is 0 Å². The fraction of sp³-hybridized carbons (Fsp3) is 0.600. The molecule has 1 aromatic carbocycles. The molecule has 0 spiro atoms. The minimum Gasteiger partial charge on any atom is -0.118 e. The van der Waals surface area contributed by atoms with Crippen molar-refractivity contribution < 1.29 is 0 Å². The summed E-state index contributed by atoms with van der Waals surface area (Å²) in [4.78, 5) is 0. The van der Waals surface area contributed by atoms with E-state index in [1.807, 2.05) is 0 Å². The maximum Gasteiger partial charge on any atom is 0.0588 e. The second kappa shape index (κ2) is 4.41. The fourth-order valence-corrected chi connectivity index (χ4v) is 3.33. The quantitative estimate of drug-likeness (QED) is 0.668. The summed E-state index contributed by atoms with van der Waals surface area (Å²) in [6, 6.07) is 6.91. The predicted molar refractivity (Wildman–Crippen MR) is 69.0 cm³/mol. The van der Waals surface area contributed by atoms with Crippen LogP contribution in [0.4, 0.5) is 0 Å². The molecular formula is C15H19Cl. The second-order valence-electron chi connectivity index (χ2n) is 5.38. The zero-order valence-corrected chi connectivity index (χ0v) is 10.5. The highest BCUT2D eigenvalue weighted by Crippen LogP contribution is 2.38. The first-order valence-corrected chi connectivity index (χ1v) is 7.02. The fourth-order valence-electron chi connectivity index (χ4n) is 2.94. The Morgan fingerprint density at radius 2 is 1.94 bits per heavy atom. The van der Waals surface area contributed by atoms with Crippen LogP contribution >= 0.6 is 11.6 Å². The first-order chi connectivity index (χ1) is 7.83. The molecule has 1 fully saturated rings. The predicted octanol–water partition coefficient (Wildman–Crippen LogP) is 4.65. The zero-order chi connectivity index (χ0) is 11.0. The molecule has 1 unspecified atom stereocenters. The topological polar surface area (TPSA) is 0 Å². The van der Waals surface area contributed by atoms with E-state index in [4.69, 9.17) is 11.6 Å². The van der Waals surface area contributed by atoms with Crippen LogP contribution in [-0.2, 0) is 12.8 Å². The normalized spacial score (nSPS) is 21.6. The van der Waals surface area contributed by atoms with E-state index in [2.05, 4.69) is 18.2 Å². The van der Waals surface area contributed by atoms with Gasteiger partial charge in [-0.1, -0.05) is 37.5 Å². The van der Waals surface area contributed by atoms with E-state index >= 15 is 0 Å². The van der Waals surface area contributed by atoms with Gasteiger partial charge < -0.3 is 0 Å². The van der Waals surface area contributed by atoms with Gasteiger partial charge in [0.15, 0.2) is 0 Å². The number of halogens is 1. The molecule has 0 N–H and O–H groups in total. The van der Waals surface area contributed by atoms with Crippen LogP contribution in [0.5, 0.6) is 0 Å². The highest BCUT2D eigenvalue weighted by molar-refractivity contribution is 6.20. The standard InChI is InChI=1S/C15H19Cl/c16-15(9-11-3-1-4-11)14-8-7-12-5-2-6-13(12)10-14/h7-8,10-11,15H,1-6,9H2. The lowest BCUT2D eigenvalue weighted by atomic mass is 9.81. The van der Waals surface area contributed by atoms with Gasteiger partial charge in [-0.3, -0.25) is 0 Å². The third-order valence-electron chi connectivity index (χ3n) is 4.25. The summed E-state index contributed by atoms with van der Waals surface area (Å²) in [6.07, 6.45) is 9.25. The molecule has 0 nitrogen and oxygen atoms in total. The van der Waals surface area contributed by atoms with Gasteiger partial charge in [0.05, 0.1) is 5.38 Å². The lowest BCUT2D eigenvalue weighted by Crippen LogP contribution is -2.13. The van der Waals surface area contributed by atoms with Gasteiger partial charge in [-0.25, -0.2) is 0 Å². The van der Waals surface area contributed by atoms with Crippen molar-refractivity contribution >= 4 is 11.6 Å². The summed E-state index contributed by atoms with van der Waals surface area (Å²) in [5, 5.41) is 0.246. The Bertz CT molecular complexity index is 379. The summed E-state index contributed by atoms with van der Waals surface area (Å²) in [5.74, 6) is 0.899. The average molecular weight is 235 g/mol. The monoisotopic (exact) mass is 234 g/mol. The van der Waals surface area contributed by atoms with Crippen LogP contribution in [0.25, 0.3) is 0 Å². The number of alkyl halides is 1. The van der Waals surface area contributed by atoms with Gasteiger partial charge in [0.1, 0.15) is 0 Å². The Morgan fingerprint density at radius 1 is 1.12 bits per heavy atom. The van der Waals surface area contributed by atoms with Crippen LogP contribution in [0.15, 0.2) is 18.2 Å². The minimum absolute atomic E-state index is 0.246. The minimum atomic E-state index is 0.246. The molecule has 0 radical (unpaired) electrons. The zero-order valence-electron chi connectivity index (χ0n) is 9.71. The average Bonchev–Trinajstić information content (AvgIpc) is 2.69. The molecule has 0 saturated heterocycles. The van der Waals surface area contributed by atoms with Gasteiger partial charge in [0.25, 0.3) is 0 Å². The highest BCUT2D eigenvalue weighted by atomic mass is 35.5. The van der Waals surface area contributed by atoms with Crippen molar-refractivity contribution in [3.63, 3.8) is 0 Å². The van der Waals surface area contributed by atoms with E-state index in [9.17, 15) is 0 Å². The Balaban J connectivity index is 1.72. The van der Waals surface area contributed by atoms with E-state index in [1.165, 1.54) is 50.5 Å². The largest absolute Gasteiger partial charge is 0.118 e. The molecule has 2 aliphatic carbocycles. The molecule has 2 aliphatic rings. The maximum absolute atomic E-state index is 6.52. The smallest absolute Gasteiger partial charge is 0.0588 e. The summed E-state index contributed by atoms with van der Waals surface area (Å²) in [6.45, 7) is 0. The second-order valence-corrected chi connectivity index (χ2v) is 5.91. The number of fused-ring (bicyclic) bond motifs is 1. The van der Waals surface area contributed by atoms with Crippen molar-refractivity contribution in [3.05, 3.63) is 34.9 Å². The maximum atomic E-state index is 6.52. The van der Waals surface area contributed by atoms with Crippen molar-refractivity contribution in [2.24, 2.45) is 5.92 Å². The van der Waals surface area contributed by atoms with Gasteiger partial charge in [0, 0.05) is 0 Å². The number of rotatable bonds is 3. The summed E-state index contributed by atoms with van der Waals surface area (Å²) >= 11 is 6.52. The molecule has 3 rings (SSSR count).